The second-order valence-electron chi connectivity index (χ2n) is 18.8. The van der Waals surface area contributed by atoms with E-state index in [9.17, 15) is 0 Å². The molecule has 0 radical (unpaired) electrons. The predicted molar refractivity (Wildman–Crippen MR) is 297 cm³/mol. The summed E-state index contributed by atoms with van der Waals surface area (Å²) in [5.41, 5.74) is 13.9. The zero-order valence-corrected chi connectivity index (χ0v) is 37.9. The van der Waals surface area contributed by atoms with Crippen LogP contribution in [0, 0.1) is 0 Å². The van der Waals surface area contributed by atoms with E-state index in [1.54, 1.807) is 0 Å². The Kier molecular flexibility index (Phi) is 7.58. The van der Waals surface area contributed by atoms with Gasteiger partial charge in [0.2, 0.25) is 0 Å². The standard InChI is InChI=1S/C66H40N4/c1-3-21-44-42(19-1)43-20-2-4-22-45(43)54-40-63(68-57-32-14-10-28-51(57)53-39-41(37-38-62(53)68)67-55-30-12-6-24-47(55)48-25-7-13-31-56(48)67)66(70-59-34-16-8-26-49(59)50-27-9-17-35-60(50)70)64-52-29-11-18-36-61(52)69(65(54)64)58-33-15-5-23-46(44)58/h1-40H. The molecule has 5 heterocycles. The van der Waals surface area contributed by atoms with Crippen LogP contribution in [0.5, 0.6) is 0 Å². The third-order valence-electron chi connectivity index (χ3n) is 15.3. The van der Waals surface area contributed by atoms with Gasteiger partial charge in [0, 0.05) is 59.5 Å². The maximum atomic E-state index is 2.57. The number of hydrogen-bond acceptors (Lipinski definition) is 0. The van der Waals surface area contributed by atoms with E-state index in [1.165, 1.54) is 109 Å². The van der Waals surface area contributed by atoms with E-state index in [-0.39, 0.29) is 0 Å². The molecule has 0 spiro atoms. The van der Waals surface area contributed by atoms with Crippen molar-refractivity contribution in [2.75, 3.05) is 0 Å². The molecule has 0 N–H and O–H groups in total. The highest BCUT2D eigenvalue weighted by molar-refractivity contribution is 6.29. The Labute approximate surface area is 400 Å². The summed E-state index contributed by atoms with van der Waals surface area (Å²) < 4.78 is 10.1. The molecule has 4 nitrogen and oxygen atoms in total. The van der Waals surface area contributed by atoms with Gasteiger partial charge < -0.3 is 18.1 Å². The number of nitrogens with zero attached hydrogens (tertiary/aromatic N) is 4. The van der Waals surface area contributed by atoms with E-state index in [1.807, 2.05) is 0 Å². The highest BCUT2D eigenvalue weighted by Gasteiger charge is 2.27. The van der Waals surface area contributed by atoms with Crippen molar-refractivity contribution in [3.05, 3.63) is 243 Å². The third kappa shape index (κ3) is 4.93. The Bertz CT molecular complexity index is 4850. The summed E-state index contributed by atoms with van der Waals surface area (Å²) in [6.07, 6.45) is 0. The lowest BCUT2D eigenvalue weighted by Gasteiger charge is -2.20. The van der Waals surface area contributed by atoms with Crippen LogP contribution in [0.25, 0.3) is 142 Å². The molecule has 0 atom stereocenters. The largest absolute Gasteiger partial charge is 0.309 e. The SMILES string of the molecule is c1ccc2c(c1)c1ccccc1c1cc(-n3c4ccccc4c4cc(-n5c6ccccc6c6ccccc65)ccc43)c(-n3c4ccccc4c4ccccc43)c3c4ccccc4n(c4ccccc24)c13. The number of benzene rings is 11. The lowest BCUT2D eigenvalue weighted by Crippen LogP contribution is -2.05. The number of aromatic nitrogens is 4. The summed E-state index contributed by atoms with van der Waals surface area (Å²) in [4.78, 5) is 0. The molecule has 5 aromatic heterocycles. The molecule has 0 saturated heterocycles. The topological polar surface area (TPSA) is 19.2 Å². The van der Waals surface area contributed by atoms with Crippen LogP contribution >= 0.6 is 0 Å². The molecule has 4 heteroatoms. The predicted octanol–water partition coefficient (Wildman–Crippen LogP) is 17.6. The summed E-state index contributed by atoms with van der Waals surface area (Å²) in [5.74, 6) is 0. The van der Waals surface area contributed by atoms with Crippen LogP contribution in [0.2, 0.25) is 0 Å². The monoisotopic (exact) mass is 888 g/mol. The lowest BCUT2D eigenvalue weighted by atomic mass is 9.99. The van der Waals surface area contributed by atoms with Gasteiger partial charge in [-0.25, -0.2) is 0 Å². The number of hydrogen-bond donors (Lipinski definition) is 0. The van der Waals surface area contributed by atoms with Gasteiger partial charge in [-0.2, -0.15) is 0 Å². The Hall–Kier alpha value is -9.38. The molecular weight excluding hydrogens is 849 g/mol. The Balaban J connectivity index is 1.18. The van der Waals surface area contributed by atoms with Gasteiger partial charge in [0.05, 0.1) is 61.0 Å². The second kappa shape index (κ2) is 14.1. The highest BCUT2D eigenvalue weighted by atomic mass is 15.1. The first-order valence-corrected chi connectivity index (χ1v) is 24.2. The molecule has 0 unspecified atom stereocenters. The van der Waals surface area contributed by atoms with Crippen molar-refractivity contribution in [1.29, 1.82) is 0 Å². The van der Waals surface area contributed by atoms with Gasteiger partial charge in [-0.3, -0.25) is 0 Å². The van der Waals surface area contributed by atoms with Crippen LogP contribution in [0.15, 0.2) is 243 Å². The minimum atomic E-state index is 1.11. The van der Waals surface area contributed by atoms with E-state index >= 15 is 0 Å². The summed E-state index contributed by atoms with van der Waals surface area (Å²) in [6, 6.07) is 90.2. The van der Waals surface area contributed by atoms with Gasteiger partial charge in [-0.15, -0.1) is 0 Å². The first kappa shape index (κ1) is 37.7. The first-order chi connectivity index (χ1) is 34.8. The third-order valence-corrected chi connectivity index (χ3v) is 15.3. The molecule has 70 heavy (non-hydrogen) atoms. The van der Waals surface area contributed by atoms with Crippen LogP contribution < -0.4 is 0 Å². The fraction of sp³-hybridized carbons (Fsp3) is 0. The average Bonchev–Trinajstić information content (AvgIpc) is 4.16. The van der Waals surface area contributed by atoms with Gasteiger partial charge >= 0.3 is 0 Å². The molecule has 0 aliphatic rings. The van der Waals surface area contributed by atoms with Gasteiger partial charge in [0.1, 0.15) is 0 Å². The molecule has 0 bridgehead atoms. The van der Waals surface area contributed by atoms with E-state index in [0.717, 1.165) is 33.6 Å². The molecule has 0 aliphatic carbocycles. The molecule has 0 amide bonds. The van der Waals surface area contributed by atoms with Crippen LogP contribution in [0.4, 0.5) is 0 Å². The smallest absolute Gasteiger partial charge is 0.0804 e. The van der Waals surface area contributed by atoms with Gasteiger partial charge in [0.25, 0.3) is 0 Å². The quantitative estimate of drug-likeness (QED) is 0.168. The number of rotatable bonds is 3. The molecule has 0 saturated carbocycles. The van der Waals surface area contributed by atoms with Crippen LogP contribution in [-0.4, -0.2) is 18.1 Å². The first-order valence-electron chi connectivity index (χ1n) is 24.2. The van der Waals surface area contributed by atoms with E-state index in [0.29, 0.717) is 0 Å². The van der Waals surface area contributed by atoms with Gasteiger partial charge in [-0.05, 0) is 88.3 Å². The minimum absolute atomic E-state index is 1.11. The second-order valence-corrected chi connectivity index (χ2v) is 18.8. The van der Waals surface area contributed by atoms with Crippen molar-refractivity contribution in [2.24, 2.45) is 0 Å². The maximum Gasteiger partial charge on any atom is 0.0804 e. The maximum absolute atomic E-state index is 2.57. The van der Waals surface area contributed by atoms with Gasteiger partial charge in [0.15, 0.2) is 0 Å². The van der Waals surface area contributed by atoms with Crippen molar-refractivity contribution in [3.8, 4) is 17.1 Å². The van der Waals surface area contributed by atoms with Crippen molar-refractivity contribution < 1.29 is 0 Å². The van der Waals surface area contributed by atoms with Crippen molar-refractivity contribution in [3.63, 3.8) is 0 Å². The van der Waals surface area contributed by atoms with Crippen LogP contribution in [0.1, 0.15) is 0 Å². The average molecular weight is 889 g/mol. The Morgan fingerprint density at radius 3 is 1.04 bits per heavy atom. The normalized spacial score (nSPS) is 12.3. The summed E-state index contributed by atoms with van der Waals surface area (Å²) in [6.45, 7) is 0. The number of para-hydroxylation sites is 7. The van der Waals surface area contributed by atoms with Crippen molar-refractivity contribution in [2.45, 2.75) is 0 Å². The van der Waals surface area contributed by atoms with Crippen molar-refractivity contribution >= 4 is 125 Å². The van der Waals surface area contributed by atoms with E-state index in [2.05, 4.69) is 261 Å². The fourth-order valence-corrected chi connectivity index (χ4v) is 12.5. The molecule has 16 rings (SSSR count). The fourth-order valence-electron chi connectivity index (χ4n) is 12.5. The summed E-state index contributed by atoms with van der Waals surface area (Å²) in [5, 5.41) is 17.0. The molecule has 0 fully saturated rings. The zero-order chi connectivity index (χ0) is 45.6. The van der Waals surface area contributed by atoms with E-state index < -0.39 is 0 Å². The van der Waals surface area contributed by atoms with Crippen LogP contribution in [0.3, 0.4) is 0 Å². The van der Waals surface area contributed by atoms with Gasteiger partial charge in [-0.1, -0.05) is 176 Å². The lowest BCUT2D eigenvalue weighted by molar-refractivity contribution is 1.11. The zero-order valence-electron chi connectivity index (χ0n) is 37.9. The number of fused-ring (bicyclic) bond motifs is 19. The van der Waals surface area contributed by atoms with E-state index in [4.69, 9.17) is 0 Å². The Morgan fingerprint density at radius 1 is 0.214 bits per heavy atom. The Morgan fingerprint density at radius 2 is 0.543 bits per heavy atom. The molecule has 324 valence electrons. The minimum Gasteiger partial charge on any atom is -0.309 e. The van der Waals surface area contributed by atoms with Crippen LogP contribution in [-0.2, 0) is 0 Å². The molecule has 0 aliphatic heterocycles. The molecule has 11 aromatic carbocycles. The molecule has 16 aromatic rings. The van der Waals surface area contributed by atoms with Crippen molar-refractivity contribution in [1.82, 2.24) is 18.1 Å². The summed E-state index contributed by atoms with van der Waals surface area (Å²) in [7, 11) is 0. The highest BCUT2D eigenvalue weighted by Crippen LogP contribution is 2.48. The summed E-state index contributed by atoms with van der Waals surface area (Å²) >= 11 is 0. The molecular formula is C66H40N4.